The Morgan fingerprint density at radius 1 is 0.429 bits per heavy atom. The number of para-hydroxylation sites is 1. The average Bonchev–Trinajstić information content (AvgIpc) is 3.46. The number of hydrogen-bond donors (Lipinski definition) is 0. The Hall–Kier alpha value is -4.08. The Bertz CT molecular complexity index is 2070. The van der Waals surface area contributed by atoms with Gasteiger partial charge in [0.25, 0.3) is 0 Å². The minimum Gasteiger partial charge on any atom is -0.456 e. The van der Waals surface area contributed by atoms with Crippen LogP contribution in [0.4, 0.5) is 0 Å². The van der Waals surface area contributed by atoms with Gasteiger partial charge >= 0.3 is 0 Å². The average molecular weight is 513 g/mol. The molecule has 6 aromatic carbocycles. The SMILES string of the molecule is Brc1c2ccccc2c(-c2ccc3oc4ccc5oc6ccccc6c5c4c3c2)c2ccccc12. The number of fused-ring (bicyclic) bond motifs is 9. The lowest BCUT2D eigenvalue weighted by atomic mass is 9.91. The summed E-state index contributed by atoms with van der Waals surface area (Å²) in [4.78, 5) is 0. The number of rotatable bonds is 1. The Morgan fingerprint density at radius 2 is 0.914 bits per heavy atom. The second-order valence-electron chi connectivity index (χ2n) is 9.00. The molecule has 0 aliphatic carbocycles. The molecule has 0 radical (unpaired) electrons. The van der Waals surface area contributed by atoms with E-state index in [4.69, 9.17) is 8.83 Å². The van der Waals surface area contributed by atoms with Crippen molar-refractivity contribution in [2.45, 2.75) is 0 Å². The minimum atomic E-state index is 0.877. The molecule has 0 fully saturated rings. The molecule has 0 N–H and O–H groups in total. The summed E-state index contributed by atoms with van der Waals surface area (Å²) in [6.07, 6.45) is 0. The van der Waals surface area contributed by atoms with Gasteiger partial charge in [0.1, 0.15) is 22.3 Å². The summed E-state index contributed by atoms with van der Waals surface area (Å²) in [6, 6.07) is 36.0. The molecule has 8 rings (SSSR count). The van der Waals surface area contributed by atoms with E-state index in [1.165, 1.54) is 32.7 Å². The monoisotopic (exact) mass is 512 g/mol. The predicted octanol–water partition coefficient (Wildman–Crippen LogP) is 10.2. The molecule has 0 amide bonds. The van der Waals surface area contributed by atoms with Crippen LogP contribution in [0.5, 0.6) is 0 Å². The van der Waals surface area contributed by atoms with Gasteiger partial charge in [-0.1, -0.05) is 72.8 Å². The predicted molar refractivity (Wildman–Crippen MR) is 149 cm³/mol. The molecule has 0 saturated heterocycles. The van der Waals surface area contributed by atoms with Gasteiger partial charge in [-0.05, 0) is 78.9 Å². The van der Waals surface area contributed by atoms with E-state index < -0.39 is 0 Å². The molecule has 164 valence electrons. The Balaban J connectivity index is 1.54. The van der Waals surface area contributed by atoms with Crippen LogP contribution in [0.2, 0.25) is 0 Å². The van der Waals surface area contributed by atoms with Crippen molar-refractivity contribution in [1.82, 2.24) is 0 Å². The third-order valence-electron chi connectivity index (χ3n) is 7.13. The van der Waals surface area contributed by atoms with Crippen molar-refractivity contribution < 1.29 is 8.83 Å². The van der Waals surface area contributed by atoms with Gasteiger partial charge in [0.05, 0.1) is 0 Å². The van der Waals surface area contributed by atoms with E-state index in [1.807, 2.05) is 24.3 Å². The molecule has 0 aliphatic heterocycles. The zero-order chi connectivity index (χ0) is 23.1. The van der Waals surface area contributed by atoms with Crippen LogP contribution >= 0.6 is 15.9 Å². The summed E-state index contributed by atoms with van der Waals surface area (Å²) >= 11 is 3.88. The van der Waals surface area contributed by atoms with E-state index in [0.29, 0.717) is 0 Å². The van der Waals surface area contributed by atoms with Crippen LogP contribution in [-0.2, 0) is 0 Å². The van der Waals surface area contributed by atoms with E-state index >= 15 is 0 Å². The molecule has 2 aromatic heterocycles. The Morgan fingerprint density at radius 3 is 1.57 bits per heavy atom. The van der Waals surface area contributed by atoms with Crippen LogP contribution < -0.4 is 0 Å². The summed E-state index contributed by atoms with van der Waals surface area (Å²) in [7, 11) is 0. The molecule has 0 aliphatic rings. The van der Waals surface area contributed by atoms with Crippen molar-refractivity contribution >= 4 is 81.4 Å². The van der Waals surface area contributed by atoms with Gasteiger partial charge in [0, 0.05) is 26.0 Å². The fourth-order valence-electron chi connectivity index (χ4n) is 5.62. The number of benzene rings is 6. The van der Waals surface area contributed by atoms with E-state index in [2.05, 4.69) is 94.8 Å². The lowest BCUT2D eigenvalue weighted by Gasteiger charge is -2.14. The zero-order valence-electron chi connectivity index (χ0n) is 18.5. The van der Waals surface area contributed by atoms with E-state index in [1.54, 1.807) is 0 Å². The van der Waals surface area contributed by atoms with Crippen LogP contribution in [0, 0.1) is 0 Å². The second kappa shape index (κ2) is 6.97. The normalized spacial score (nSPS) is 12.1. The highest BCUT2D eigenvalue weighted by atomic mass is 79.9. The van der Waals surface area contributed by atoms with Crippen molar-refractivity contribution in [3.05, 3.63) is 108 Å². The maximum Gasteiger partial charge on any atom is 0.136 e. The van der Waals surface area contributed by atoms with Crippen molar-refractivity contribution in [1.29, 1.82) is 0 Å². The smallest absolute Gasteiger partial charge is 0.136 e. The van der Waals surface area contributed by atoms with Crippen molar-refractivity contribution in [3.63, 3.8) is 0 Å². The largest absolute Gasteiger partial charge is 0.456 e. The molecule has 0 spiro atoms. The van der Waals surface area contributed by atoms with Gasteiger partial charge in [0.15, 0.2) is 0 Å². The summed E-state index contributed by atoms with van der Waals surface area (Å²) in [5.41, 5.74) is 5.94. The fourth-order valence-corrected chi connectivity index (χ4v) is 6.32. The van der Waals surface area contributed by atoms with Gasteiger partial charge in [-0.3, -0.25) is 0 Å². The highest BCUT2D eigenvalue weighted by Crippen LogP contribution is 2.44. The summed E-state index contributed by atoms with van der Waals surface area (Å²) in [6.45, 7) is 0. The molecular weight excluding hydrogens is 496 g/mol. The summed E-state index contributed by atoms with van der Waals surface area (Å²) < 4.78 is 13.6. The number of halogens is 1. The molecular formula is C32H17BrO2. The molecule has 35 heavy (non-hydrogen) atoms. The molecule has 0 saturated carbocycles. The lowest BCUT2D eigenvalue weighted by molar-refractivity contribution is 0.663. The van der Waals surface area contributed by atoms with Crippen LogP contribution in [-0.4, -0.2) is 0 Å². The first kappa shape index (κ1) is 19.2. The third kappa shape index (κ3) is 2.59. The fraction of sp³-hybridized carbons (Fsp3) is 0. The second-order valence-corrected chi connectivity index (χ2v) is 9.80. The Kier molecular flexibility index (Phi) is 3.83. The first-order valence-electron chi connectivity index (χ1n) is 11.6. The third-order valence-corrected chi connectivity index (χ3v) is 7.98. The van der Waals surface area contributed by atoms with E-state index in [0.717, 1.165) is 48.3 Å². The molecule has 0 atom stereocenters. The van der Waals surface area contributed by atoms with Crippen molar-refractivity contribution in [2.75, 3.05) is 0 Å². The summed E-state index contributed by atoms with van der Waals surface area (Å²) in [5, 5.41) is 9.30. The lowest BCUT2D eigenvalue weighted by Crippen LogP contribution is -1.87. The van der Waals surface area contributed by atoms with Gasteiger partial charge in [-0.15, -0.1) is 0 Å². The van der Waals surface area contributed by atoms with E-state index in [9.17, 15) is 0 Å². The van der Waals surface area contributed by atoms with Crippen molar-refractivity contribution in [2.24, 2.45) is 0 Å². The number of furan rings is 2. The zero-order valence-corrected chi connectivity index (χ0v) is 20.1. The first-order chi connectivity index (χ1) is 17.3. The maximum absolute atomic E-state index is 6.31. The molecule has 2 nitrogen and oxygen atoms in total. The van der Waals surface area contributed by atoms with Crippen LogP contribution in [0.15, 0.2) is 116 Å². The van der Waals surface area contributed by atoms with Crippen LogP contribution in [0.3, 0.4) is 0 Å². The topological polar surface area (TPSA) is 26.3 Å². The van der Waals surface area contributed by atoms with Gasteiger partial charge in [-0.25, -0.2) is 0 Å². The molecule has 0 bridgehead atoms. The maximum atomic E-state index is 6.31. The minimum absolute atomic E-state index is 0.877. The molecule has 8 aromatic rings. The highest BCUT2D eigenvalue weighted by Gasteiger charge is 2.18. The quantitative estimate of drug-likeness (QED) is 0.204. The highest BCUT2D eigenvalue weighted by molar-refractivity contribution is 9.10. The van der Waals surface area contributed by atoms with Gasteiger partial charge in [-0.2, -0.15) is 0 Å². The standard InChI is InChI=1S/C32H17BrO2/c33-32-21-9-3-1-7-19(21)29(20-8-2-4-10-22(20)32)18-13-14-26-24(17-18)31-28(35-26)16-15-27-30(31)23-11-5-6-12-25(23)34-27/h1-17H. The van der Waals surface area contributed by atoms with Crippen LogP contribution in [0.25, 0.3) is 76.5 Å². The molecule has 3 heteroatoms. The number of hydrogen-bond acceptors (Lipinski definition) is 2. The van der Waals surface area contributed by atoms with Crippen LogP contribution in [0.1, 0.15) is 0 Å². The summed E-state index contributed by atoms with van der Waals surface area (Å²) in [5.74, 6) is 0. The molecule has 0 unspecified atom stereocenters. The van der Waals surface area contributed by atoms with E-state index in [-0.39, 0.29) is 0 Å². The Labute approximate surface area is 208 Å². The molecule has 2 heterocycles. The van der Waals surface area contributed by atoms with Crippen molar-refractivity contribution in [3.8, 4) is 11.1 Å². The van der Waals surface area contributed by atoms with Gasteiger partial charge < -0.3 is 8.83 Å². The first-order valence-corrected chi connectivity index (χ1v) is 12.4. The van der Waals surface area contributed by atoms with Gasteiger partial charge in [0.2, 0.25) is 0 Å².